The lowest BCUT2D eigenvalue weighted by Crippen LogP contribution is -2.40. The summed E-state index contributed by atoms with van der Waals surface area (Å²) in [6.07, 6.45) is 3.71. The first-order valence-electron chi connectivity index (χ1n) is 14.8. The van der Waals surface area contributed by atoms with Gasteiger partial charge in [0.1, 0.15) is 6.61 Å². The van der Waals surface area contributed by atoms with Gasteiger partial charge in [-0.15, -0.1) is 0 Å². The van der Waals surface area contributed by atoms with Crippen molar-refractivity contribution in [2.24, 2.45) is 0 Å². The summed E-state index contributed by atoms with van der Waals surface area (Å²) < 4.78 is 28.8. The predicted molar refractivity (Wildman–Crippen MR) is 160 cm³/mol. The Morgan fingerprint density at radius 3 is 1.64 bits per heavy atom. The molecule has 0 heterocycles. The first kappa shape index (κ1) is 38.2. The highest BCUT2D eigenvalue weighted by atomic mass is 16.6. The normalized spacial score (nSPS) is 13.2. The quantitative estimate of drug-likeness (QED) is 0.152. The van der Waals surface area contributed by atoms with Crippen molar-refractivity contribution in [1.82, 2.24) is 16.0 Å². The lowest BCUT2D eigenvalue weighted by molar-refractivity contribution is -0.139. The van der Waals surface area contributed by atoms with E-state index in [9.17, 15) is 4.79 Å². The molecule has 9 heteroatoms. The molecule has 0 fully saturated rings. The van der Waals surface area contributed by atoms with E-state index in [0.717, 1.165) is 39.0 Å². The number of carbonyl (C=O) groups is 1. The van der Waals surface area contributed by atoms with E-state index in [1.54, 1.807) is 0 Å². The first-order chi connectivity index (χ1) is 18.0. The van der Waals surface area contributed by atoms with Gasteiger partial charge in [-0.05, 0) is 102 Å². The van der Waals surface area contributed by atoms with E-state index in [-0.39, 0.29) is 23.6 Å². The van der Waals surface area contributed by atoms with Crippen LogP contribution in [0.2, 0.25) is 0 Å². The molecule has 0 aromatic rings. The minimum atomic E-state index is -0.505. The van der Waals surface area contributed by atoms with Crippen LogP contribution in [0.25, 0.3) is 0 Å². The van der Waals surface area contributed by atoms with Crippen LogP contribution in [0.15, 0.2) is 0 Å². The van der Waals surface area contributed by atoms with E-state index in [2.05, 4.69) is 57.5 Å². The molecule has 0 bridgehead atoms. The number of ether oxygens (including phenoxy) is 5. The minimum absolute atomic E-state index is 0.0108. The molecule has 0 spiro atoms. The third kappa shape index (κ3) is 28.5. The van der Waals surface area contributed by atoms with E-state index in [1.165, 1.54) is 0 Å². The fraction of sp³-hybridized carbons (Fsp3) is 0.967. The Hall–Kier alpha value is -0.810. The second kappa shape index (κ2) is 20.1. The summed E-state index contributed by atoms with van der Waals surface area (Å²) in [6, 6.07) is 0. The summed E-state index contributed by atoms with van der Waals surface area (Å²) in [5.41, 5.74) is -0.614. The van der Waals surface area contributed by atoms with Crippen molar-refractivity contribution >= 4 is 5.91 Å². The molecule has 234 valence electrons. The van der Waals surface area contributed by atoms with Crippen LogP contribution < -0.4 is 16.0 Å². The molecule has 0 saturated carbocycles. The molecule has 0 radical (unpaired) electrons. The Kier molecular flexibility index (Phi) is 19.7. The zero-order valence-corrected chi connectivity index (χ0v) is 27.1. The minimum Gasteiger partial charge on any atom is -0.380 e. The smallest absolute Gasteiger partial charge is 0.246 e. The molecule has 1 amide bonds. The van der Waals surface area contributed by atoms with E-state index in [1.807, 2.05) is 27.7 Å². The SMILES string of the molecule is CC(C)(C)NCCCCOCCNC(=O)COC(C)(C)CC(C)(C)OCCOCCOCCCNC(C)(C)C. The maximum absolute atomic E-state index is 12.2. The highest BCUT2D eigenvalue weighted by Crippen LogP contribution is 2.26. The van der Waals surface area contributed by atoms with E-state index in [0.29, 0.717) is 52.6 Å². The monoisotopic (exact) mass is 561 g/mol. The molecular weight excluding hydrogens is 498 g/mol. The molecule has 0 aliphatic heterocycles. The van der Waals surface area contributed by atoms with Gasteiger partial charge in [-0.2, -0.15) is 0 Å². The first-order valence-corrected chi connectivity index (χ1v) is 14.8. The molecule has 0 aromatic heterocycles. The van der Waals surface area contributed by atoms with Gasteiger partial charge in [-0.3, -0.25) is 4.79 Å². The second-order valence-electron chi connectivity index (χ2n) is 13.4. The number of hydrogen-bond acceptors (Lipinski definition) is 8. The summed E-state index contributed by atoms with van der Waals surface area (Å²) in [7, 11) is 0. The van der Waals surface area contributed by atoms with Crippen molar-refractivity contribution in [3.63, 3.8) is 0 Å². The van der Waals surface area contributed by atoms with Crippen LogP contribution >= 0.6 is 0 Å². The summed E-state index contributed by atoms with van der Waals surface area (Å²) >= 11 is 0. The molecule has 0 rings (SSSR count). The predicted octanol–water partition coefficient (Wildman–Crippen LogP) is 4.08. The van der Waals surface area contributed by atoms with Crippen molar-refractivity contribution < 1.29 is 28.5 Å². The molecule has 0 atom stereocenters. The molecular formula is C30H63N3O6. The van der Waals surface area contributed by atoms with Crippen LogP contribution in [0.4, 0.5) is 0 Å². The van der Waals surface area contributed by atoms with Crippen molar-refractivity contribution in [1.29, 1.82) is 0 Å². The molecule has 39 heavy (non-hydrogen) atoms. The van der Waals surface area contributed by atoms with Gasteiger partial charge in [-0.25, -0.2) is 0 Å². The lowest BCUT2D eigenvalue weighted by atomic mass is 9.92. The van der Waals surface area contributed by atoms with Crippen LogP contribution in [0.5, 0.6) is 0 Å². The number of nitrogens with one attached hydrogen (secondary N) is 3. The van der Waals surface area contributed by atoms with Gasteiger partial charge in [0.25, 0.3) is 0 Å². The van der Waals surface area contributed by atoms with Gasteiger partial charge < -0.3 is 39.6 Å². The van der Waals surface area contributed by atoms with E-state index in [4.69, 9.17) is 23.7 Å². The van der Waals surface area contributed by atoms with E-state index < -0.39 is 11.2 Å². The zero-order valence-electron chi connectivity index (χ0n) is 27.1. The Labute approximate surface area is 240 Å². The summed E-state index contributed by atoms with van der Waals surface area (Å²) in [4.78, 5) is 12.2. The number of rotatable bonds is 24. The maximum Gasteiger partial charge on any atom is 0.246 e. The van der Waals surface area contributed by atoms with E-state index >= 15 is 0 Å². The standard InChI is InChI=1S/C30H63N3O6/c1-27(2,3)32-14-11-12-17-35-19-16-31-26(34)24-39-30(9,10)25-29(7,8)38-23-22-37-21-20-36-18-13-15-33-28(4,5)6/h32-33H,11-25H2,1-10H3,(H,31,34). The van der Waals surface area contributed by atoms with Gasteiger partial charge >= 0.3 is 0 Å². The Morgan fingerprint density at radius 1 is 0.538 bits per heavy atom. The third-order valence-electron chi connectivity index (χ3n) is 5.60. The highest BCUT2D eigenvalue weighted by molar-refractivity contribution is 5.77. The van der Waals surface area contributed by atoms with Crippen LogP contribution in [0.1, 0.15) is 94.9 Å². The highest BCUT2D eigenvalue weighted by Gasteiger charge is 2.30. The van der Waals surface area contributed by atoms with Crippen molar-refractivity contribution in [2.75, 3.05) is 72.5 Å². The van der Waals surface area contributed by atoms with Crippen molar-refractivity contribution in [3.05, 3.63) is 0 Å². The lowest BCUT2D eigenvalue weighted by Gasteiger charge is -2.34. The Bertz CT molecular complexity index is 615. The fourth-order valence-electron chi connectivity index (χ4n) is 3.93. The topological polar surface area (TPSA) is 99.3 Å². The molecule has 9 nitrogen and oxygen atoms in total. The number of amides is 1. The van der Waals surface area contributed by atoms with Crippen LogP contribution in [0.3, 0.4) is 0 Å². The van der Waals surface area contributed by atoms with Crippen LogP contribution in [-0.4, -0.2) is 101 Å². The van der Waals surface area contributed by atoms with Gasteiger partial charge in [0, 0.05) is 37.3 Å². The summed E-state index contributed by atoms with van der Waals surface area (Å²) in [5.74, 6) is -0.138. The van der Waals surface area contributed by atoms with Gasteiger partial charge in [0.15, 0.2) is 0 Å². The molecule has 0 aliphatic rings. The number of unbranched alkanes of at least 4 members (excludes halogenated alkanes) is 1. The molecule has 0 unspecified atom stereocenters. The average Bonchev–Trinajstić information content (AvgIpc) is 2.78. The molecule has 0 saturated heterocycles. The summed E-state index contributed by atoms with van der Waals surface area (Å²) in [6.45, 7) is 27.5. The van der Waals surface area contributed by atoms with Crippen molar-refractivity contribution in [3.8, 4) is 0 Å². The van der Waals surface area contributed by atoms with Gasteiger partial charge in [-0.1, -0.05) is 0 Å². The molecule has 0 aliphatic carbocycles. The fourth-order valence-corrected chi connectivity index (χ4v) is 3.93. The number of carbonyl (C=O) groups excluding carboxylic acids is 1. The molecule has 0 aromatic carbocycles. The largest absolute Gasteiger partial charge is 0.380 e. The van der Waals surface area contributed by atoms with Crippen LogP contribution in [-0.2, 0) is 28.5 Å². The summed E-state index contributed by atoms with van der Waals surface area (Å²) in [5, 5.41) is 9.76. The Morgan fingerprint density at radius 2 is 1.03 bits per heavy atom. The third-order valence-corrected chi connectivity index (χ3v) is 5.60. The van der Waals surface area contributed by atoms with Crippen LogP contribution in [0, 0.1) is 0 Å². The zero-order chi connectivity index (χ0) is 29.8. The van der Waals surface area contributed by atoms with Gasteiger partial charge in [0.2, 0.25) is 5.91 Å². The number of hydrogen-bond donors (Lipinski definition) is 3. The second-order valence-corrected chi connectivity index (χ2v) is 13.4. The average molecular weight is 562 g/mol. The maximum atomic E-state index is 12.2. The van der Waals surface area contributed by atoms with Gasteiger partial charge in [0.05, 0.1) is 44.2 Å². The molecule has 3 N–H and O–H groups in total. The van der Waals surface area contributed by atoms with Crippen molar-refractivity contribution in [2.45, 2.75) is 117 Å². The Balaban J connectivity index is 3.79.